The van der Waals surface area contributed by atoms with E-state index in [4.69, 9.17) is 16.9 Å². The first-order valence-corrected chi connectivity index (χ1v) is 2.14. The summed E-state index contributed by atoms with van der Waals surface area (Å²) >= 11 is 0. The fourth-order valence-corrected chi connectivity index (χ4v) is 0. The maximum Gasteiger partial charge on any atom is 0.183 e. The molecule has 0 aliphatic heterocycles. The highest BCUT2D eigenvalue weighted by atomic mass is 35.5. The van der Waals surface area contributed by atoms with E-state index in [2.05, 4.69) is 11.5 Å². The van der Waals surface area contributed by atoms with Crippen LogP contribution in [0.25, 0.3) is 0 Å². The van der Waals surface area contributed by atoms with Crippen LogP contribution in [-0.2, 0) is 0 Å². The van der Waals surface area contributed by atoms with Gasteiger partial charge in [0.25, 0.3) is 0 Å². The lowest BCUT2D eigenvalue weighted by Crippen LogP contribution is -2.20. The first kappa shape index (κ1) is 15.8. The smallest absolute Gasteiger partial charge is 0.183 e. The summed E-state index contributed by atoms with van der Waals surface area (Å²) < 4.78 is 0. The zero-order valence-corrected chi connectivity index (χ0v) is 5.95. The van der Waals surface area contributed by atoms with Crippen LogP contribution in [0.2, 0.25) is 0 Å². The lowest BCUT2D eigenvalue weighted by Gasteiger charge is -1.72. The van der Waals surface area contributed by atoms with Crippen LogP contribution in [0, 0.1) is 5.41 Å². The molecule has 9 N–H and O–H groups in total. The Hall–Kier alpha value is -0.520. The number of guanidine groups is 1. The Morgan fingerprint density at radius 1 is 1.11 bits per heavy atom. The first-order valence-electron chi connectivity index (χ1n) is 2.14. The molecule has 9 heavy (non-hydrogen) atoms. The third kappa shape index (κ3) is 975. The van der Waals surface area contributed by atoms with Crippen molar-refractivity contribution >= 4 is 18.4 Å². The standard InChI is InChI=1S/C2H8N2.CH5N3.ClH/c3-1-2-4;2-1(3)4;/h1-4H2;(H5,2,3,4);1H. The molecule has 0 unspecified atom stereocenters. The minimum atomic E-state index is -0.333. The summed E-state index contributed by atoms with van der Waals surface area (Å²) in [6.07, 6.45) is 0. The van der Waals surface area contributed by atoms with Gasteiger partial charge in [0, 0.05) is 13.1 Å². The van der Waals surface area contributed by atoms with Crippen LogP contribution in [-0.4, -0.2) is 19.0 Å². The van der Waals surface area contributed by atoms with E-state index in [-0.39, 0.29) is 18.4 Å². The quantitative estimate of drug-likeness (QED) is 0.225. The largest absolute Gasteiger partial charge is 0.370 e. The van der Waals surface area contributed by atoms with Crippen LogP contribution >= 0.6 is 12.4 Å². The van der Waals surface area contributed by atoms with Gasteiger partial charge in [-0.2, -0.15) is 0 Å². The van der Waals surface area contributed by atoms with Crippen molar-refractivity contribution in [1.29, 1.82) is 5.41 Å². The van der Waals surface area contributed by atoms with Crippen molar-refractivity contribution in [3.05, 3.63) is 0 Å². The monoisotopic (exact) mass is 155 g/mol. The molecule has 0 saturated heterocycles. The summed E-state index contributed by atoms with van der Waals surface area (Å²) in [5.74, 6) is -0.333. The Labute approximate surface area is 60.7 Å². The van der Waals surface area contributed by atoms with E-state index >= 15 is 0 Å². The van der Waals surface area contributed by atoms with Gasteiger partial charge in [0.2, 0.25) is 0 Å². The van der Waals surface area contributed by atoms with Gasteiger partial charge in [-0.05, 0) is 0 Å². The highest BCUT2D eigenvalue weighted by Crippen LogP contribution is 1.24. The highest BCUT2D eigenvalue weighted by Gasteiger charge is 1.54. The van der Waals surface area contributed by atoms with E-state index in [1.165, 1.54) is 0 Å². The molecule has 0 rings (SSSR count). The van der Waals surface area contributed by atoms with E-state index < -0.39 is 0 Å². The number of halogens is 1. The molecule has 0 aliphatic carbocycles. The van der Waals surface area contributed by atoms with Crippen molar-refractivity contribution in [2.45, 2.75) is 0 Å². The van der Waals surface area contributed by atoms with Gasteiger partial charge in [-0.1, -0.05) is 0 Å². The fraction of sp³-hybridized carbons (Fsp3) is 0.667. The number of hydrogen-bond acceptors (Lipinski definition) is 3. The molecule has 0 aromatic heterocycles. The molecule has 0 fully saturated rings. The number of rotatable bonds is 1. The third-order valence-corrected chi connectivity index (χ3v) is 0.167. The van der Waals surface area contributed by atoms with Crippen molar-refractivity contribution in [1.82, 2.24) is 0 Å². The molecule has 0 spiro atoms. The van der Waals surface area contributed by atoms with Crippen LogP contribution in [0.15, 0.2) is 0 Å². The summed E-state index contributed by atoms with van der Waals surface area (Å²) in [5.41, 5.74) is 18.8. The summed E-state index contributed by atoms with van der Waals surface area (Å²) in [5, 5.41) is 6.06. The molecule has 0 saturated carbocycles. The maximum atomic E-state index is 6.06. The van der Waals surface area contributed by atoms with Gasteiger partial charge < -0.3 is 22.9 Å². The Morgan fingerprint density at radius 3 is 1.22 bits per heavy atom. The van der Waals surface area contributed by atoms with Crippen LogP contribution in [0.4, 0.5) is 0 Å². The van der Waals surface area contributed by atoms with Crippen LogP contribution in [0.3, 0.4) is 0 Å². The van der Waals surface area contributed by atoms with Crippen molar-refractivity contribution in [3.8, 4) is 0 Å². The molecule has 0 aliphatic rings. The summed E-state index contributed by atoms with van der Waals surface area (Å²) in [6, 6.07) is 0. The van der Waals surface area contributed by atoms with Gasteiger partial charge in [0.15, 0.2) is 5.96 Å². The van der Waals surface area contributed by atoms with Gasteiger partial charge in [0.1, 0.15) is 0 Å². The van der Waals surface area contributed by atoms with Gasteiger partial charge >= 0.3 is 0 Å². The van der Waals surface area contributed by atoms with Crippen molar-refractivity contribution in [2.75, 3.05) is 13.1 Å². The van der Waals surface area contributed by atoms with Crippen molar-refractivity contribution < 1.29 is 0 Å². The first-order chi connectivity index (χ1) is 3.65. The zero-order valence-electron chi connectivity index (χ0n) is 5.13. The van der Waals surface area contributed by atoms with Crippen molar-refractivity contribution in [3.63, 3.8) is 0 Å². The molecule has 0 atom stereocenters. The van der Waals surface area contributed by atoms with Crippen molar-refractivity contribution in [2.24, 2.45) is 22.9 Å². The van der Waals surface area contributed by atoms with Gasteiger partial charge in [0.05, 0.1) is 0 Å². The van der Waals surface area contributed by atoms with E-state index in [0.717, 1.165) is 0 Å². The highest BCUT2D eigenvalue weighted by molar-refractivity contribution is 5.85. The Balaban J connectivity index is -0.0000000720. The van der Waals surface area contributed by atoms with E-state index in [9.17, 15) is 0 Å². The third-order valence-electron chi connectivity index (χ3n) is 0.167. The molecule has 0 aromatic rings. The number of nitrogens with one attached hydrogen (secondary N) is 1. The topological polar surface area (TPSA) is 128 Å². The van der Waals surface area contributed by atoms with E-state index in [1.807, 2.05) is 0 Å². The molecule has 6 heteroatoms. The van der Waals surface area contributed by atoms with E-state index in [1.54, 1.807) is 0 Å². The Bertz CT molecular complexity index is 50.2. The van der Waals surface area contributed by atoms with Crippen LogP contribution in [0.5, 0.6) is 0 Å². The average molecular weight is 156 g/mol. The minimum absolute atomic E-state index is 0. The normalized spacial score (nSPS) is 6.00. The second-order valence-electron chi connectivity index (χ2n) is 1.03. The average Bonchev–Trinajstić information content (AvgIpc) is 1.65. The summed E-state index contributed by atoms with van der Waals surface area (Å²) in [4.78, 5) is 0. The molecular formula is C3H14ClN5. The number of hydrogen-bond donors (Lipinski definition) is 5. The molecule has 5 nitrogen and oxygen atoms in total. The SMILES string of the molecule is Cl.N=C(N)N.NCCN. The van der Waals surface area contributed by atoms with Crippen LogP contribution in [0.1, 0.15) is 0 Å². The minimum Gasteiger partial charge on any atom is -0.370 e. The lowest BCUT2D eigenvalue weighted by atomic mass is 10.7. The molecule has 0 radical (unpaired) electrons. The molecular weight excluding hydrogens is 142 g/mol. The summed E-state index contributed by atoms with van der Waals surface area (Å²) in [6.45, 7) is 1.19. The second-order valence-corrected chi connectivity index (χ2v) is 1.03. The van der Waals surface area contributed by atoms with Crippen LogP contribution < -0.4 is 22.9 Å². The second kappa shape index (κ2) is 15.6. The maximum absolute atomic E-state index is 6.06. The number of nitrogens with two attached hydrogens (primary N) is 4. The van der Waals surface area contributed by atoms with Gasteiger partial charge in [-0.3, -0.25) is 5.41 Å². The predicted molar refractivity (Wildman–Crippen MR) is 41.5 cm³/mol. The fourth-order valence-electron chi connectivity index (χ4n) is 0. The van der Waals surface area contributed by atoms with Gasteiger partial charge in [-0.15, -0.1) is 12.4 Å². The molecule has 58 valence electrons. The zero-order chi connectivity index (χ0) is 6.99. The van der Waals surface area contributed by atoms with E-state index in [0.29, 0.717) is 13.1 Å². The predicted octanol–water partition coefficient (Wildman–Crippen LogP) is -1.84. The molecule has 0 bridgehead atoms. The molecule has 0 heterocycles. The Morgan fingerprint density at radius 2 is 1.22 bits per heavy atom. The Kier molecular flexibility index (Phi) is 27.5. The molecule has 0 aromatic carbocycles. The molecule has 0 amide bonds. The lowest BCUT2D eigenvalue weighted by molar-refractivity contribution is 0.976. The van der Waals surface area contributed by atoms with Gasteiger partial charge in [-0.25, -0.2) is 0 Å². The summed E-state index contributed by atoms with van der Waals surface area (Å²) in [7, 11) is 0.